The van der Waals surface area contributed by atoms with E-state index in [-0.39, 0.29) is 55.3 Å². The highest BCUT2D eigenvalue weighted by molar-refractivity contribution is 6.39. The first-order valence-corrected chi connectivity index (χ1v) is 17.3. The first kappa shape index (κ1) is 37.4. The standard InChI is InChI=1S/C35H38N4O16/c40-7-11(8-41)37-39-32(51)22-20-14-3-1-12(44)5-16(14)36-24(20)25-21(23(22)33(39)52)15-4-2-13(45)6-17(15)38(25)34-30(50)31(27(47)19(10-43)53-34)55-35-29(49)28(48)26(46)18(9-42)54-35/h1-6,11,18-19,26-31,34-37,40-50H,7-10H2/t18-,19-,26-,27-,28+,29-,30-,31+,34-,35-/m1/s1. The number of aromatic nitrogens is 2. The van der Waals surface area contributed by atoms with Gasteiger partial charge in [-0.3, -0.25) is 9.59 Å². The highest BCUT2D eigenvalue weighted by Gasteiger charge is 2.52. The number of hydrogen-bond acceptors (Lipinski definition) is 17. The Hall–Kier alpha value is -4.52. The molecule has 20 nitrogen and oxygen atoms in total. The number of nitrogens with one attached hydrogen (secondary N) is 2. The lowest BCUT2D eigenvalue weighted by Gasteiger charge is -2.46. The second-order valence-electron chi connectivity index (χ2n) is 13.8. The molecule has 0 saturated carbocycles. The molecule has 5 aromatic rings. The van der Waals surface area contributed by atoms with Crippen LogP contribution in [-0.2, 0) is 14.2 Å². The molecule has 0 radical (unpaired) electrons. The van der Waals surface area contributed by atoms with E-state index in [0.29, 0.717) is 15.9 Å². The van der Waals surface area contributed by atoms with Gasteiger partial charge in [0, 0.05) is 33.7 Å². The maximum absolute atomic E-state index is 14.4. The summed E-state index contributed by atoms with van der Waals surface area (Å²) in [6, 6.07) is 7.21. The Balaban J connectivity index is 1.38. The van der Waals surface area contributed by atoms with Crippen molar-refractivity contribution in [1.82, 2.24) is 20.0 Å². The molecule has 2 amide bonds. The van der Waals surface area contributed by atoms with Gasteiger partial charge in [-0.15, -0.1) is 0 Å². The first-order valence-electron chi connectivity index (χ1n) is 17.3. The van der Waals surface area contributed by atoms with Crippen LogP contribution in [0.3, 0.4) is 0 Å². The number of ether oxygens (including phenoxy) is 3. The Labute approximate surface area is 308 Å². The van der Waals surface area contributed by atoms with Crippen LogP contribution in [0.15, 0.2) is 36.4 Å². The molecule has 3 aliphatic rings. The van der Waals surface area contributed by atoms with Crippen LogP contribution in [0.2, 0.25) is 0 Å². The summed E-state index contributed by atoms with van der Waals surface area (Å²) in [5, 5.41) is 117. The Morgan fingerprint density at radius 3 is 2.02 bits per heavy atom. The van der Waals surface area contributed by atoms with E-state index in [0.717, 1.165) is 0 Å². The number of aromatic amines is 1. The Bertz CT molecular complexity index is 2320. The minimum Gasteiger partial charge on any atom is -0.508 e. The van der Waals surface area contributed by atoms with Gasteiger partial charge in [0.05, 0.1) is 65.7 Å². The van der Waals surface area contributed by atoms with Crippen LogP contribution in [0.1, 0.15) is 26.9 Å². The van der Waals surface area contributed by atoms with Crippen LogP contribution < -0.4 is 5.43 Å². The van der Waals surface area contributed by atoms with Crippen LogP contribution >= 0.6 is 0 Å². The quantitative estimate of drug-likeness (QED) is 0.0668. The topological polar surface area (TPSA) is 320 Å². The molecule has 8 rings (SSSR count). The summed E-state index contributed by atoms with van der Waals surface area (Å²) in [6.45, 7) is -2.92. The number of carbonyl (C=O) groups is 2. The number of imide groups is 1. The van der Waals surface area contributed by atoms with Gasteiger partial charge in [0.15, 0.2) is 12.5 Å². The van der Waals surface area contributed by atoms with Crippen molar-refractivity contribution < 1.29 is 80.0 Å². The number of phenolic OH excluding ortho intramolecular Hbond substituents is 2. The molecule has 0 spiro atoms. The van der Waals surface area contributed by atoms with Crippen molar-refractivity contribution in [3.8, 4) is 11.5 Å². The van der Waals surface area contributed by atoms with E-state index in [1.807, 2.05) is 0 Å². The van der Waals surface area contributed by atoms with Crippen LogP contribution in [0, 0.1) is 0 Å². The van der Waals surface area contributed by atoms with E-state index in [9.17, 15) is 65.8 Å². The Kier molecular flexibility index (Phi) is 9.45. The highest BCUT2D eigenvalue weighted by atomic mass is 16.7. The SMILES string of the molecule is O=C1c2c(c3c4ccc(O)cc4n([C@@H]4O[C@H](CO)[C@@H](O)[C@H](O[C@H]5O[C@H](CO)[C@@H](O)[C@H](O)[C@H]5O)[C@H]4O)c3c3[nH]c4cc(O)ccc4c23)C(=O)N1NC(CO)CO. The molecule has 0 unspecified atom stereocenters. The van der Waals surface area contributed by atoms with Crippen molar-refractivity contribution in [1.29, 1.82) is 0 Å². The number of H-pyrrole nitrogens is 1. The zero-order valence-electron chi connectivity index (χ0n) is 28.5. The molecule has 2 aromatic heterocycles. The lowest BCUT2D eigenvalue weighted by Crippen LogP contribution is -2.63. The number of aliphatic hydroxyl groups is 9. The van der Waals surface area contributed by atoms with Gasteiger partial charge < -0.3 is 79.9 Å². The van der Waals surface area contributed by atoms with E-state index in [2.05, 4.69) is 10.4 Å². The van der Waals surface area contributed by atoms with Gasteiger partial charge in [0.2, 0.25) is 0 Å². The van der Waals surface area contributed by atoms with Gasteiger partial charge in [-0.05, 0) is 24.3 Å². The molecule has 0 bridgehead atoms. The van der Waals surface area contributed by atoms with Gasteiger partial charge in [-0.1, -0.05) is 0 Å². The molecule has 2 fully saturated rings. The van der Waals surface area contributed by atoms with Gasteiger partial charge in [-0.2, -0.15) is 0 Å². The fraction of sp³-hybridized carbons (Fsp3) is 0.429. The molecule has 20 heteroatoms. The van der Waals surface area contributed by atoms with Crippen LogP contribution in [-0.4, -0.2) is 170 Å². The highest BCUT2D eigenvalue weighted by Crippen LogP contribution is 2.48. The molecule has 13 N–H and O–H groups in total. The number of hydrogen-bond donors (Lipinski definition) is 13. The predicted octanol–water partition coefficient (Wildman–Crippen LogP) is -2.91. The van der Waals surface area contributed by atoms with Crippen molar-refractivity contribution in [2.45, 2.75) is 67.4 Å². The van der Waals surface area contributed by atoms with E-state index in [4.69, 9.17) is 14.2 Å². The zero-order valence-corrected chi connectivity index (χ0v) is 28.5. The zero-order chi connectivity index (χ0) is 39.2. The maximum Gasteiger partial charge on any atom is 0.276 e. The van der Waals surface area contributed by atoms with E-state index < -0.39 is 106 Å². The predicted molar refractivity (Wildman–Crippen MR) is 185 cm³/mol. The average Bonchev–Trinajstić information content (AvgIpc) is 3.78. The molecule has 0 aliphatic carbocycles. The van der Waals surface area contributed by atoms with Crippen LogP contribution in [0.5, 0.6) is 11.5 Å². The number of hydrazine groups is 1. The number of phenols is 2. The Morgan fingerprint density at radius 2 is 1.36 bits per heavy atom. The molecular formula is C35H38N4O16. The first-order chi connectivity index (χ1) is 26.3. The minimum atomic E-state index is -1.94. The molecular weight excluding hydrogens is 732 g/mol. The summed E-state index contributed by atoms with van der Waals surface area (Å²) in [5.41, 5.74) is 3.07. The second-order valence-corrected chi connectivity index (χ2v) is 13.8. The molecule has 2 saturated heterocycles. The summed E-state index contributed by atoms with van der Waals surface area (Å²) < 4.78 is 18.8. The summed E-state index contributed by atoms with van der Waals surface area (Å²) in [6.07, 6.45) is -17.5. The largest absolute Gasteiger partial charge is 0.508 e. The summed E-state index contributed by atoms with van der Waals surface area (Å²) in [7, 11) is 0. The van der Waals surface area contributed by atoms with Crippen molar-refractivity contribution in [2.75, 3.05) is 26.4 Å². The number of rotatable bonds is 9. The normalized spacial score (nSPS) is 30.2. The number of aromatic hydroxyl groups is 2. The summed E-state index contributed by atoms with van der Waals surface area (Å²) >= 11 is 0. The average molecular weight is 771 g/mol. The maximum atomic E-state index is 14.4. The molecule has 3 aromatic carbocycles. The summed E-state index contributed by atoms with van der Waals surface area (Å²) in [5.74, 6) is -2.13. The molecule has 10 atom stereocenters. The number of nitrogens with zero attached hydrogens (tertiary/aromatic N) is 2. The number of amides is 2. The fourth-order valence-corrected chi connectivity index (χ4v) is 7.89. The van der Waals surface area contributed by atoms with Gasteiger partial charge >= 0.3 is 0 Å². The van der Waals surface area contributed by atoms with Gasteiger partial charge in [-0.25, -0.2) is 10.4 Å². The van der Waals surface area contributed by atoms with E-state index in [1.54, 1.807) is 0 Å². The van der Waals surface area contributed by atoms with Crippen molar-refractivity contribution in [3.05, 3.63) is 47.5 Å². The molecule has 5 heterocycles. The third-order valence-electron chi connectivity index (χ3n) is 10.6. The Morgan fingerprint density at radius 1 is 0.745 bits per heavy atom. The molecule has 3 aliphatic heterocycles. The third kappa shape index (κ3) is 5.57. The van der Waals surface area contributed by atoms with Gasteiger partial charge in [0.25, 0.3) is 11.8 Å². The monoisotopic (exact) mass is 770 g/mol. The molecule has 55 heavy (non-hydrogen) atoms. The lowest BCUT2D eigenvalue weighted by atomic mass is 9.95. The number of fused-ring (bicyclic) bond motifs is 10. The van der Waals surface area contributed by atoms with Crippen molar-refractivity contribution >= 4 is 55.4 Å². The lowest BCUT2D eigenvalue weighted by molar-refractivity contribution is -0.346. The smallest absolute Gasteiger partial charge is 0.276 e. The van der Waals surface area contributed by atoms with Crippen molar-refractivity contribution in [3.63, 3.8) is 0 Å². The number of carbonyl (C=O) groups excluding carboxylic acids is 2. The fourth-order valence-electron chi connectivity index (χ4n) is 7.89. The van der Waals surface area contributed by atoms with E-state index >= 15 is 0 Å². The number of aliphatic hydroxyl groups excluding tert-OH is 9. The van der Waals surface area contributed by atoms with E-state index in [1.165, 1.54) is 41.0 Å². The second kappa shape index (κ2) is 13.9. The number of benzene rings is 3. The molecule has 294 valence electrons. The van der Waals surface area contributed by atoms with Gasteiger partial charge in [0.1, 0.15) is 60.3 Å². The van der Waals surface area contributed by atoms with Crippen LogP contribution in [0.25, 0.3) is 43.6 Å². The van der Waals surface area contributed by atoms with Crippen molar-refractivity contribution in [2.24, 2.45) is 0 Å². The summed E-state index contributed by atoms with van der Waals surface area (Å²) in [4.78, 5) is 31.8. The third-order valence-corrected chi connectivity index (χ3v) is 10.6. The minimum absolute atomic E-state index is 0.0868. The van der Waals surface area contributed by atoms with Crippen LogP contribution in [0.4, 0.5) is 0 Å².